The first kappa shape index (κ1) is 14.8. The van der Waals surface area contributed by atoms with Crippen LogP contribution in [0.3, 0.4) is 0 Å². The molecule has 0 aromatic heterocycles. The minimum atomic E-state index is -0.413. The summed E-state index contributed by atoms with van der Waals surface area (Å²) in [6.07, 6.45) is 16.1. The summed E-state index contributed by atoms with van der Waals surface area (Å²) in [4.78, 5) is 11.9. The number of carbonyl (C=O) groups is 1. The van der Waals surface area contributed by atoms with E-state index in [9.17, 15) is 9.90 Å². The molecule has 0 amide bonds. The quantitative estimate of drug-likeness (QED) is 0.761. The Morgan fingerprint density at radius 1 is 1.00 bits per heavy atom. The fourth-order valence-corrected chi connectivity index (χ4v) is 3.53. The van der Waals surface area contributed by atoms with Crippen molar-refractivity contribution >= 4 is 5.78 Å². The average Bonchev–Trinajstić information content (AvgIpc) is 2.47. The summed E-state index contributed by atoms with van der Waals surface area (Å²) in [6.45, 7) is 0. The number of carbonyl (C=O) groups excluding carboxylic acids is 1. The molecule has 1 unspecified atom stereocenters. The molecule has 0 aliphatic heterocycles. The molecule has 0 aromatic carbocycles. The van der Waals surface area contributed by atoms with Crippen molar-refractivity contribution in [1.29, 1.82) is 0 Å². The van der Waals surface area contributed by atoms with Gasteiger partial charge in [0, 0.05) is 6.42 Å². The maximum absolute atomic E-state index is 11.9. The van der Waals surface area contributed by atoms with Gasteiger partial charge < -0.3 is 5.11 Å². The summed E-state index contributed by atoms with van der Waals surface area (Å²) in [5.41, 5.74) is 0. The minimum Gasteiger partial charge on any atom is -0.392 e. The van der Waals surface area contributed by atoms with Crippen LogP contribution in [0.15, 0.2) is 12.2 Å². The van der Waals surface area contributed by atoms with Gasteiger partial charge in [0.1, 0.15) is 0 Å². The monoisotopic (exact) mass is 264 g/mol. The van der Waals surface area contributed by atoms with E-state index in [4.69, 9.17) is 0 Å². The molecule has 1 atom stereocenters. The first-order valence-corrected chi connectivity index (χ1v) is 8.15. The van der Waals surface area contributed by atoms with Crippen LogP contribution in [0.4, 0.5) is 0 Å². The molecule has 2 nitrogen and oxygen atoms in total. The zero-order chi connectivity index (χ0) is 13.5. The number of hydrogen-bond donors (Lipinski definition) is 1. The highest BCUT2D eigenvalue weighted by molar-refractivity contribution is 5.90. The Morgan fingerprint density at radius 2 is 1.58 bits per heavy atom. The second kappa shape index (κ2) is 7.84. The van der Waals surface area contributed by atoms with Gasteiger partial charge in [-0.2, -0.15) is 0 Å². The molecule has 1 N–H and O–H groups in total. The van der Waals surface area contributed by atoms with E-state index in [0.29, 0.717) is 18.3 Å². The summed E-state index contributed by atoms with van der Waals surface area (Å²) in [5, 5.41) is 10.1. The summed E-state index contributed by atoms with van der Waals surface area (Å²) in [7, 11) is 0. The molecule has 0 bridgehead atoms. The van der Waals surface area contributed by atoms with Crippen LogP contribution in [-0.4, -0.2) is 17.0 Å². The van der Waals surface area contributed by atoms with Crippen LogP contribution in [0.5, 0.6) is 0 Å². The highest BCUT2D eigenvalue weighted by Gasteiger charge is 2.23. The van der Waals surface area contributed by atoms with Crippen LogP contribution >= 0.6 is 0 Å². The van der Waals surface area contributed by atoms with Crippen molar-refractivity contribution in [2.75, 3.05) is 0 Å². The summed E-state index contributed by atoms with van der Waals surface area (Å²) in [6, 6.07) is 0. The van der Waals surface area contributed by atoms with E-state index in [-0.39, 0.29) is 5.78 Å². The molecule has 2 fully saturated rings. The van der Waals surface area contributed by atoms with Crippen molar-refractivity contribution in [3.05, 3.63) is 12.2 Å². The van der Waals surface area contributed by atoms with Gasteiger partial charge in [-0.1, -0.05) is 44.6 Å². The molecular weight excluding hydrogens is 236 g/mol. The van der Waals surface area contributed by atoms with Gasteiger partial charge in [0.15, 0.2) is 5.78 Å². The van der Waals surface area contributed by atoms with Crippen molar-refractivity contribution in [2.45, 2.75) is 76.7 Å². The van der Waals surface area contributed by atoms with Crippen molar-refractivity contribution in [3.8, 4) is 0 Å². The first-order valence-electron chi connectivity index (χ1n) is 8.15. The highest BCUT2D eigenvalue weighted by atomic mass is 16.3. The van der Waals surface area contributed by atoms with Gasteiger partial charge in [-0.05, 0) is 43.6 Å². The van der Waals surface area contributed by atoms with E-state index < -0.39 is 6.10 Å². The molecule has 108 valence electrons. The van der Waals surface area contributed by atoms with Gasteiger partial charge in [-0.3, -0.25) is 4.79 Å². The fraction of sp³-hybridized carbons (Fsp3) is 0.824. The van der Waals surface area contributed by atoms with Crippen LogP contribution in [0.25, 0.3) is 0 Å². The van der Waals surface area contributed by atoms with Crippen molar-refractivity contribution in [3.63, 3.8) is 0 Å². The molecule has 0 radical (unpaired) electrons. The molecule has 19 heavy (non-hydrogen) atoms. The second-order valence-corrected chi connectivity index (χ2v) is 6.39. The van der Waals surface area contributed by atoms with Gasteiger partial charge in [-0.15, -0.1) is 0 Å². The predicted molar refractivity (Wildman–Crippen MR) is 77.9 cm³/mol. The minimum absolute atomic E-state index is 0.114. The molecule has 2 aliphatic carbocycles. The Labute approximate surface area is 117 Å². The Bertz CT molecular complexity index is 296. The largest absolute Gasteiger partial charge is 0.392 e. The molecule has 0 saturated heterocycles. The molecule has 2 saturated carbocycles. The lowest BCUT2D eigenvalue weighted by atomic mass is 9.83. The van der Waals surface area contributed by atoms with Crippen molar-refractivity contribution in [1.82, 2.24) is 0 Å². The standard InChI is InChI=1S/C17H28O2/c18-16(12-11-14-7-3-1-4-8-14)13-17(19)15-9-5-2-6-10-15/h11-12,14-15,17,19H,1-10,13H2/b12-11+. The Hall–Kier alpha value is -0.630. The molecule has 0 spiro atoms. The lowest BCUT2D eigenvalue weighted by Gasteiger charge is -2.25. The second-order valence-electron chi connectivity index (χ2n) is 6.39. The van der Waals surface area contributed by atoms with E-state index in [1.807, 2.05) is 0 Å². The molecule has 0 aromatic rings. The summed E-state index contributed by atoms with van der Waals surface area (Å²) >= 11 is 0. The molecule has 2 aliphatic rings. The number of hydrogen-bond acceptors (Lipinski definition) is 2. The van der Waals surface area contributed by atoms with E-state index in [0.717, 1.165) is 12.8 Å². The van der Waals surface area contributed by atoms with Crippen molar-refractivity contribution in [2.24, 2.45) is 11.8 Å². The van der Waals surface area contributed by atoms with Gasteiger partial charge >= 0.3 is 0 Å². The van der Waals surface area contributed by atoms with Crippen molar-refractivity contribution < 1.29 is 9.90 Å². The molecule has 0 heterocycles. The number of ketones is 1. The van der Waals surface area contributed by atoms with Gasteiger partial charge in [-0.25, -0.2) is 0 Å². The number of aliphatic hydroxyl groups is 1. The summed E-state index contributed by atoms with van der Waals surface area (Å²) in [5.74, 6) is 1.08. The van der Waals surface area contributed by atoms with Gasteiger partial charge in [0.05, 0.1) is 6.10 Å². The van der Waals surface area contributed by atoms with Crippen LogP contribution in [-0.2, 0) is 4.79 Å². The average molecular weight is 264 g/mol. The maximum Gasteiger partial charge on any atom is 0.157 e. The summed E-state index contributed by atoms with van der Waals surface area (Å²) < 4.78 is 0. The van der Waals surface area contributed by atoms with Crippen LogP contribution in [0.2, 0.25) is 0 Å². The topological polar surface area (TPSA) is 37.3 Å². The number of aliphatic hydroxyl groups excluding tert-OH is 1. The smallest absolute Gasteiger partial charge is 0.157 e. The van der Waals surface area contributed by atoms with E-state index >= 15 is 0 Å². The molecule has 2 rings (SSSR count). The van der Waals surface area contributed by atoms with E-state index in [1.54, 1.807) is 6.08 Å². The number of allylic oxidation sites excluding steroid dienone is 2. The maximum atomic E-state index is 11.9. The zero-order valence-electron chi connectivity index (χ0n) is 12.0. The third kappa shape index (κ3) is 5.10. The highest BCUT2D eigenvalue weighted by Crippen LogP contribution is 2.28. The Balaban J connectivity index is 1.71. The normalized spacial score (nSPS) is 24.7. The van der Waals surface area contributed by atoms with Crippen LogP contribution < -0.4 is 0 Å². The Morgan fingerprint density at radius 3 is 2.21 bits per heavy atom. The van der Waals surface area contributed by atoms with Crippen LogP contribution in [0, 0.1) is 11.8 Å². The molecular formula is C17H28O2. The van der Waals surface area contributed by atoms with E-state index in [1.165, 1.54) is 51.4 Å². The van der Waals surface area contributed by atoms with Gasteiger partial charge in [0.25, 0.3) is 0 Å². The lowest BCUT2D eigenvalue weighted by Crippen LogP contribution is -2.25. The van der Waals surface area contributed by atoms with Crippen LogP contribution in [0.1, 0.15) is 70.6 Å². The number of rotatable bonds is 5. The van der Waals surface area contributed by atoms with Gasteiger partial charge in [0.2, 0.25) is 0 Å². The third-order valence-electron chi connectivity index (χ3n) is 4.81. The molecule has 2 heteroatoms. The fourth-order valence-electron chi connectivity index (χ4n) is 3.53. The Kier molecular flexibility index (Phi) is 6.09. The third-order valence-corrected chi connectivity index (χ3v) is 4.81. The SMILES string of the molecule is O=C(/C=C/C1CCCCC1)CC(O)C1CCCCC1. The first-order chi connectivity index (χ1) is 9.25. The lowest BCUT2D eigenvalue weighted by molar-refractivity contribution is -0.117. The van der Waals surface area contributed by atoms with E-state index in [2.05, 4.69) is 6.08 Å². The predicted octanol–water partition coefficient (Wildman–Crippen LogP) is 4.02. The zero-order valence-corrected chi connectivity index (χ0v) is 12.0.